The number of hydrogen-bond acceptors (Lipinski definition) is 3. The molecule has 0 saturated carbocycles. The first kappa shape index (κ1) is 16.9. The van der Waals surface area contributed by atoms with Gasteiger partial charge in [0.1, 0.15) is 5.73 Å². The van der Waals surface area contributed by atoms with Crippen molar-refractivity contribution in [1.29, 1.82) is 0 Å². The molecule has 0 bridgehead atoms. The van der Waals surface area contributed by atoms with Crippen LogP contribution in [-0.2, 0) is 9.31 Å². The number of halogens is 1. The zero-order valence-corrected chi connectivity index (χ0v) is 14.0. The van der Waals surface area contributed by atoms with Crippen LogP contribution < -0.4 is 0 Å². The van der Waals surface area contributed by atoms with E-state index in [9.17, 15) is 9.18 Å². The van der Waals surface area contributed by atoms with Crippen LogP contribution in [0.2, 0.25) is 0 Å². The summed E-state index contributed by atoms with van der Waals surface area (Å²) in [6.45, 7) is 11.1. The molecule has 0 aromatic heterocycles. The molecule has 0 radical (unpaired) electrons. The molecule has 0 amide bonds. The molecule has 0 N–H and O–H groups in total. The molecule has 2 rings (SSSR count). The normalized spacial score (nSPS) is 20.3. The Balaban J connectivity index is 2.21. The molecule has 0 unspecified atom stereocenters. The van der Waals surface area contributed by atoms with Gasteiger partial charge in [0.25, 0.3) is 0 Å². The van der Waals surface area contributed by atoms with E-state index in [1.807, 2.05) is 53.7 Å². The maximum absolute atomic E-state index is 14.3. The van der Waals surface area contributed by atoms with Crippen molar-refractivity contribution in [1.82, 2.24) is 0 Å². The number of allylic oxidation sites excluding steroid dienone is 1. The zero-order chi connectivity index (χ0) is 16.7. The first-order valence-corrected chi connectivity index (χ1v) is 7.38. The lowest BCUT2D eigenvalue weighted by Gasteiger charge is -2.32. The summed E-state index contributed by atoms with van der Waals surface area (Å²) in [4.78, 5) is 12.2. The Morgan fingerprint density at radius 1 is 1.14 bits per heavy atom. The standard InChI is InChI=1S/C17H22BFO3/c1-11-7-8-13(12(2)9-11)14(20)10-15(19)18-21-16(3,4)17(5,6)22-18/h7-10H,1-6H3. The van der Waals surface area contributed by atoms with Gasteiger partial charge < -0.3 is 9.31 Å². The minimum atomic E-state index is -1.14. The zero-order valence-electron chi connectivity index (χ0n) is 14.0. The van der Waals surface area contributed by atoms with Gasteiger partial charge in [-0.25, -0.2) is 4.39 Å². The second-order valence-electron chi connectivity index (χ2n) is 6.80. The topological polar surface area (TPSA) is 35.5 Å². The number of rotatable bonds is 3. The third-order valence-corrected chi connectivity index (χ3v) is 4.39. The molecule has 1 saturated heterocycles. The van der Waals surface area contributed by atoms with Crippen LogP contribution in [0, 0.1) is 13.8 Å². The Kier molecular flexibility index (Phi) is 4.33. The van der Waals surface area contributed by atoms with Gasteiger partial charge in [0.15, 0.2) is 5.78 Å². The van der Waals surface area contributed by atoms with Crippen molar-refractivity contribution in [2.24, 2.45) is 0 Å². The van der Waals surface area contributed by atoms with Gasteiger partial charge in [-0.05, 0) is 47.1 Å². The lowest BCUT2D eigenvalue weighted by molar-refractivity contribution is 0.00578. The number of benzene rings is 1. The predicted molar refractivity (Wildman–Crippen MR) is 85.5 cm³/mol. The summed E-state index contributed by atoms with van der Waals surface area (Å²) in [5.74, 6) is -0.385. The Labute approximate surface area is 131 Å². The van der Waals surface area contributed by atoms with Gasteiger partial charge in [-0.2, -0.15) is 0 Å². The minimum absolute atomic E-state index is 0.385. The highest BCUT2D eigenvalue weighted by molar-refractivity contribution is 6.54. The Morgan fingerprint density at radius 2 is 1.68 bits per heavy atom. The van der Waals surface area contributed by atoms with Crippen LogP contribution in [0.4, 0.5) is 4.39 Å². The van der Waals surface area contributed by atoms with Crippen molar-refractivity contribution in [3.05, 3.63) is 46.7 Å². The van der Waals surface area contributed by atoms with Crippen LogP contribution in [0.25, 0.3) is 0 Å². The molecule has 0 spiro atoms. The first-order valence-electron chi connectivity index (χ1n) is 7.38. The van der Waals surface area contributed by atoms with E-state index in [1.165, 1.54) is 0 Å². The van der Waals surface area contributed by atoms with Crippen LogP contribution in [0.5, 0.6) is 0 Å². The highest BCUT2D eigenvalue weighted by Gasteiger charge is 2.53. The maximum atomic E-state index is 14.3. The number of carbonyl (C=O) groups excluding carboxylic acids is 1. The van der Waals surface area contributed by atoms with E-state index in [4.69, 9.17) is 9.31 Å². The SMILES string of the molecule is Cc1ccc(C(=O)C=C(F)B2OC(C)(C)C(C)(C)O2)c(C)c1. The van der Waals surface area contributed by atoms with Gasteiger partial charge in [-0.3, -0.25) is 4.79 Å². The van der Waals surface area contributed by atoms with Gasteiger partial charge >= 0.3 is 7.12 Å². The molecule has 22 heavy (non-hydrogen) atoms. The van der Waals surface area contributed by atoms with Crippen LogP contribution in [0.3, 0.4) is 0 Å². The van der Waals surface area contributed by atoms with Crippen molar-refractivity contribution in [2.75, 3.05) is 0 Å². The van der Waals surface area contributed by atoms with E-state index in [2.05, 4.69) is 0 Å². The summed E-state index contributed by atoms with van der Waals surface area (Å²) >= 11 is 0. The summed E-state index contributed by atoms with van der Waals surface area (Å²) in [6, 6.07) is 5.44. The monoisotopic (exact) mass is 304 g/mol. The van der Waals surface area contributed by atoms with E-state index in [0.29, 0.717) is 5.56 Å². The van der Waals surface area contributed by atoms with Crippen molar-refractivity contribution in [3.63, 3.8) is 0 Å². The molecule has 118 valence electrons. The lowest BCUT2D eigenvalue weighted by Crippen LogP contribution is -2.41. The number of carbonyl (C=O) groups is 1. The smallest absolute Gasteiger partial charge is 0.398 e. The van der Waals surface area contributed by atoms with Crippen molar-refractivity contribution in [3.8, 4) is 0 Å². The molecule has 3 nitrogen and oxygen atoms in total. The molecule has 1 fully saturated rings. The fraction of sp³-hybridized carbons (Fsp3) is 0.471. The molecule has 1 aliphatic heterocycles. The van der Waals surface area contributed by atoms with Crippen molar-refractivity contribution >= 4 is 12.9 Å². The molecule has 1 aromatic carbocycles. The number of ketones is 1. The second-order valence-corrected chi connectivity index (χ2v) is 6.80. The van der Waals surface area contributed by atoms with E-state index in [0.717, 1.165) is 17.2 Å². The van der Waals surface area contributed by atoms with Crippen molar-refractivity contribution in [2.45, 2.75) is 52.7 Å². The average molecular weight is 304 g/mol. The predicted octanol–water partition coefficient (Wildman–Crippen LogP) is 3.97. The van der Waals surface area contributed by atoms with Gasteiger partial charge in [0.05, 0.1) is 11.2 Å². The Morgan fingerprint density at radius 3 is 2.18 bits per heavy atom. The number of aryl methyl sites for hydroxylation is 2. The average Bonchev–Trinajstić information content (AvgIpc) is 2.58. The highest BCUT2D eigenvalue weighted by atomic mass is 19.1. The van der Waals surface area contributed by atoms with Crippen LogP contribution >= 0.6 is 0 Å². The van der Waals surface area contributed by atoms with Gasteiger partial charge in [-0.1, -0.05) is 23.8 Å². The fourth-order valence-electron chi connectivity index (χ4n) is 2.32. The number of hydrogen-bond donors (Lipinski definition) is 0. The molecule has 1 aliphatic rings. The second kappa shape index (κ2) is 5.63. The molecular formula is C17H22BFO3. The van der Waals surface area contributed by atoms with Gasteiger partial charge in [0, 0.05) is 11.6 Å². The van der Waals surface area contributed by atoms with Crippen LogP contribution in [0.1, 0.15) is 49.2 Å². The fourth-order valence-corrected chi connectivity index (χ4v) is 2.32. The Hall–Kier alpha value is -1.46. The van der Waals surface area contributed by atoms with Gasteiger partial charge in [-0.15, -0.1) is 0 Å². The molecule has 1 heterocycles. The van der Waals surface area contributed by atoms with E-state index >= 15 is 0 Å². The summed E-state index contributed by atoms with van der Waals surface area (Å²) < 4.78 is 25.5. The summed E-state index contributed by atoms with van der Waals surface area (Å²) in [6.07, 6.45) is 0.958. The van der Waals surface area contributed by atoms with Crippen molar-refractivity contribution < 1.29 is 18.5 Å². The molecule has 1 aromatic rings. The lowest BCUT2D eigenvalue weighted by atomic mass is 9.86. The summed E-state index contributed by atoms with van der Waals surface area (Å²) in [7, 11) is -1.14. The first-order chi connectivity index (χ1) is 10.0. The Bertz CT molecular complexity index is 619. The third kappa shape index (κ3) is 3.15. The molecule has 5 heteroatoms. The molecular weight excluding hydrogens is 282 g/mol. The summed E-state index contributed by atoms with van der Waals surface area (Å²) in [5.41, 5.74) is 0.394. The largest absolute Gasteiger partial charge is 0.525 e. The van der Waals surface area contributed by atoms with E-state index in [-0.39, 0.29) is 5.78 Å². The van der Waals surface area contributed by atoms with Gasteiger partial charge in [0.2, 0.25) is 0 Å². The van der Waals surface area contributed by atoms with E-state index in [1.54, 1.807) is 6.07 Å². The maximum Gasteiger partial charge on any atom is 0.525 e. The third-order valence-electron chi connectivity index (χ3n) is 4.39. The quantitative estimate of drug-likeness (QED) is 0.481. The minimum Gasteiger partial charge on any atom is -0.398 e. The molecule has 0 atom stereocenters. The van der Waals surface area contributed by atoms with E-state index < -0.39 is 24.0 Å². The summed E-state index contributed by atoms with van der Waals surface area (Å²) in [5, 5.41) is 0. The highest BCUT2D eigenvalue weighted by Crippen LogP contribution is 2.38. The van der Waals surface area contributed by atoms with Crippen LogP contribution in [-0.4, -0.2) is 24.1 Å². The molecule has 0 aliphatic carbocycles. The van der Waals surface area contributed by atoms with Crippen LogP contribution in [0.15, 0.2) is 30.0 Å².